The van der Waals surface area contributed by atoms with Gasteiger partial charge >= 0.3 is 0 Å². The van der Waals surface area contributed by atoms with E-state index in [1.54, 1.807) is 0 Å². The molecule has 1 aromatic heterocycles. The summed E-state index contributed by atoms with van der Waals surface area (Å²) in [5.74, 6) is -0.681. The van der Waals surface area contributed by atoms with Gasteiger partial charge in [-0.3, -0.25) is 9.59 Å². The number of Topliss-reactive ketones (excluding diaryl/α,β-unsaturated/α-hetero) is 2. The van der Waals surface area contributed by atoms with Crippen molar-refractivity contribution in [2.45, 2.75) is 33.1 Å². The normalized spacial score (nSPS) is 15.1. The molecule has 1 aromatic carbocycles. The Balaban J connectivity index is 2.35. The molecule has 0 unspecified atom stereocenters. The number of nitrogens with one attached hydrogen (secondary N) is 1. The zero-order valence-electron chi connectivity index (χ0n) is 11.7. The number of ketones is 2. The Bertz CT molecular complexity index is 749. The predicted octanol–water partition coefficient (Wildman–Crippen LogP) is 3.90. The summed E-state index contributed by atoms with van der Waals surface area (Å²) in [6.07, 6.45) is 2.30. The van der Waals surface area contributed by atoms with Gasteiger partial charge < -0.3 is 4.98 Å². The Labute approximate surface area is 117 Å². The van der Waals surface area contributed by atoms with Crippen molar-refractivity contribution in [1.29, 1.82) is 0 Å². The van der Waals surface area contributed by atoms with E-state index in [9.17, 15) is 9.59 Å². The Kier molecular flexibility index (Phi) is 3.05. The average Bonchev–Trinajstić information content (AvgIpc) is 2.84. The van der Waals surface area contributed by atoms with Gasteiger partial charge in [-0.25, -0.2) is 0 Å². The smallest absolute Gasteiger partial charge is 0.235 e. The van der Waals surface area contributed by atoms with Gasteiger partial charge in [-0.05, 0) is 24.5 Å². The highest BCUT2D eigenvalue weighted by Crippen LogP contribution is 2.37. The maximum Gasteiger partial charge on any atom is 0.235 e. The minimum Gasteiger partial charge on any atom is -0.354 e. The van der Waals surface area contributed by atoms with Crippen LogP contribution in [0.4, 0.5) is 0 Å². The molecule has 0 amide bonds. The molecule has 0 saturated heterocycles. The number of para-hydroxylation sites is 1. The van der Waals surface area contributed by atoms with E-state index in [-0.39, 0.29) is 11.6 Å². The van der Waals surface area contributed by atoms with Crippen molar-refractivity contribution < 1.29 is 9.59 Å². The van der Waals surface area contributed by atoms with Crippen molar-refractivity contribution in [1.82, 2.24) is 4.98 Å². The number of benzene rings is 1. The van der Waals surface area contributed by atoms with Gasteiger partial charge in [-0.1, -0.05) is 38.5 Å². The maximum absolute atomic E-state index is 12.4. The minimum atomic E-state index is -0.363. The first kappa shape index (κ1) is 12.9. The number of allylic oxidation sites excluding steroid dienone is 2. The van der Waals surface area contributed by atoms with E-state index in [1.165, 1.54) is 0 Å². The Morgan fingerprint density at radius 3 is 2.45 bits per heavy atom. The lowest BCUT2D eigenvalue weighted by molar-refractivity contribution is -0.112. The van der Waals surface area contributed by atoms with Crippen LogP contribution in [0.5, 0.6) is 0 Å². The molecule has 2 aromatic rings. The molecule has 0 bridgehead atoms. The lowest BCUT2D eigenvalue weighted by Gasteiger charge is -2.18. The third-order valence-electron chi connectivity index (χ3n) is 3.93. The molecule has 0 atom stereocenters. The largest absolute Gasteiger partial charge is 0.354 e. The van der Waals surface area contributed by atoms with Crippen LogP contribution in [0.15, 0.2) is 29.8 Å². The van der Waals surface area contributed by atoms with Crippen LogP contribution in [-0.2, 0) is 4.79 Å². The average molecular weight is 267 g/mol. The van der Waals surface area contributed by atoms with Crippen molar-refractivity contribution in [2.24, 2.45) is 0 Å². The van der Waals surface area contributed by atoms with Gasteiger partial charge in [0.05, 0.1) is 11.3 Å². The van der Waals surface area contributed by atoms with Gasteiger partial charge in [0.2, 0.25) is 11.6 Å². The van der Waals surface area contributed by atoms with Gasteiger partial charge in [-0.2, -0.15) is 0 Å². The number of hydrogen-bond acceptors (Lipinski definition) is 2. The zero-order chi connectivity index (χ0) is 14.3. The summed E-state index contributed by atoms with van der Waals surface area (Å²) >= 11 is 0. The quantitative estimate of drug-likeness (QED) is 0.857. The zero-order valence-corrected chi connectivity index (χ0v) is 11.7. The van der Waals surface area contributed by atoms with Gasteiger partial charge in [0.1, 0.15) is 0 Å². The highest BCUT2D eigenvalue weighted by atomic mass is 16.2. The lowest BCUT2D eigenvalue weighted by atomic mass is 9.84. The highest BCUT2D eigenvalue weighted by Gasteiger charge is 2.34. The molecule has 3 nitrogen and oxygen atoms in total. The molecule has 3 heteroatoms. The van der Waals surface area contributed by atoms with Gasteiger partial charge in [0.25, 0.3) is 0 Å². The molecular formula is C17H17NO2. The molecule has 0 aliphatic heterocycles. The van der Waals surface area contributed by atoms with Gasteiger partial charge in [0.15, 0.2) is 0 Å². The molecule has 20 heavy (non-hydrogen) atoms. The van der Waals surface area contributed by atoms with Crippen molar-refractivity contribution >= 4 is 28.0 Å². The lowest BCUT2D eigenvalue weighted by Crippen LogP contribution is -2.23. The number of H-pyrrole nitrogens is 1. The van der Waals surface area contributed by atoms with Gasteiger partial charge in [-0.15, -0.1) is 0 Å². The highest BCUT2D eigenvalue weighted by molar-refractivity contribution is 6.54. The van der Waals surface area contributed by atoms with E-state index in [1.807, 2.05) is 38.1 Å². The molecule has 1 aliphatic rings. The second-order valence-electron chi connectivity index (χ2n) is 5.14. The number of carbonyl (C=O) groups excluding carboxylic acids is 2. The van der Waals surface area contributed by atoms with Crippen LogP contribution >= 0.6 is 0 Å². The summed E-state index contributed by atoms with van der Waals surface area (Å²) in [5, 5.41) is 0.849. The van der Waals surface area contributed by atoms with E-state index in [0.717, 1.165) is 35.0 Å². The second-order valence-corrected chi connectivity index (χ2v) is 5.14. The van der Waals surface area contributed by atoms with E-state index in [0.29, 0.717) is 17.6 Å². The van der Waals surface area contributed by atoms with Crippen molar-refractivity contribution in [2.75, 3.05) is 0 Å². The monoisotopic (exact) mass is 267 g/mol. The van der Waals surface area contributed by atoms with Crippen LogP contribution in [-0.4, -0.2) is 16.6 Å². The van der Waals surface area contributed by atoms with Crippen LogP contribution < -0.4 is 0 Å². The fraction of sp³-hybridized carbons (Fsp3) is 0.294. The molecule has 102 valence electrons. The third kappa shape index (κ3) is 1.66. The summed E-state index contributed by atoms with van der Waals surface area (Å²) < 4.78 is 0. The van der Waals surface area contributed by atoms with Crippen LogP contribution in [0.3, 0.4) is 0 Å². The van der Waals surface area contributed by atoms with Crippen molar-refractivity contribution in [3.63, 3.8) is 0 Å². The standard InChI is InChI=1S/C17H17NO2/c1-3-7-11-10(4-2)15-14(17(20)16(11)19)12-8-5-6-9-13(12)18-15/h5-6,8-9,18H,3-4,7H2,1-2H3. The molecule has 0 saturated carbocycles. The van der Waals surface area contributed by atoms with Crippen LogP contribution in [0.25, 0.3) is 16.5 Å². The summed E-state index contributed by atoms with van der Waals surface area (Å²) in [6, 6.07) is 7.66. The number of hydrogen-bond donors (Lipinski definition) is 1. The molecule has 0 radical (unpaired) electrons. The predicted molar refractivity (Wildman–Crippen MR) is 79.8 cm³/mol. The molecule has 1 aliphatic carbocycles. The fourth-order valence-electron chi connectivity index (χ4n) is 3.05. The molecular weight excluding hydrogens is 250 g/mol. The van der Waals surface area contributed by atoms with Crippen molar-refractivity contribution in [3.05, 3.63) is 41.1 Å². The molecule has 0 spiro atoms. The maximum atomic E-state index is 12.4. The summed E-state index contributed by atoms with van der Waals surface area (Å²) in [5.41, 5.74) is 4.02. The van der Waals surface area contributed by atoms with Crippen LogP contribution in [0.2, 0.25) is 0 Å². The first-order valence-electron chi connectivity index (χ1n) is 7.11. The number of aromatic nitrogens is 1. The van der Waals surface area contributed by atoms with E-state index in [2.05, 4.69) is 4.98 Å². The first-order chi connectivity index (χ1) is 9.69. The van der Waals surface area contributed by atoms with E-state index < -0.39 is 0 Å². The number of carbonyl (C=O) groups is 2. The van der Waals surface area contributed by atoms with Crippen LogP contribution in [0.1, 0.15) is 49.2 Å². The summed E-state index contributed by atoms with van der Waals surface area (Å²) in [4.78, 5) is 28.1. The summed E-state index contributed by atoms with van der Waals surface area (Å²) in [6.45, 7) is 4.06. The number of rotatable bonds is 3. The Morgan fingerprint density at radius 2 is 1.75 bits per heavy atom. The number of fused-ring (bicyclic) bond motifs is 3. The SMILES string of the molecule is CCCC1=C(CC)c2[nH]c3ccccc3c2C(=O)C1=O. The Morgan fingerprint density at radius 1 is 1.00 bits per heavy atom. The molecule has 3 rings (SSSR count). The third-order valence-corrected chi connectivity index (χ3v) is 3.93. The van der Waals surface area contributed by atoms with Gasteiger partial charge in [0, 0.05) is 16.5 Å². The van der Waals surface area contributed by atoms with E-state index in [4.69, 9.17) is 0 Å². The topological polar surface area (TPSA) is 49.9 Å². The van der Waals surface area contributed by atoms with E-state index >= 15 is 0 Å². The molecule has 0 fully saturated rings. The first-order valence-corrected chi connectivity index (χ1v) is 7.11. The fourth-order valence-corrected chi connectivity index (χ4v) is 3.05. The summed E-state index contributed by atoms with van der Waals surface area (Å²) in [7, 11) is 0. The minimum absolute atomic E-state index is 0.319. The molecule has 1 heterocycles. The second kappa shape index (κ2) is 4.75. The van der Waals surface area contributed by atoms with Crippen molar-refractivity contribution in [3.8, 4) is 0 Å². The number of aromatic amines is 1. The molecule has 1 N–H and O–H groups in total. The Hall–Kier alpha value is -2.16. The van der Waals surface area contributed by atoms with Crippen LogP contribution in [0, 0.1) is 0 Å².